The Morgan fingerprint density at radius 1 is 0.909 bits per heavy atom. The molecule has 0 radical (unpaired) electrons. The highest BCUT2D eigenvalue weighted by Crippen LogP contribution is 2.44. The van der Waals surface area contributed by atoms with Gasteiger partial charge < -0.3 is 20.0 Å². The highest BCUT2D eigenvalue weighted by atomic mass is 19.2. The molecule has 1 N–H and O–H groups in total. The highest BCUT2D eigenvalue weighted by Gasteiger charge is 2.29. The van der Waals surface area contributed by atoms with E-state index in [1.165, 1.54) is 0 Å². The maximum atomic E-state index is 14.0. The van der Waals surface area contributed by atoms with Crippen LogP contribution in [0.5, 0.6) is 0 Å². The van der Waals surface area contributed by atoms with E-state index in [0.29, 0.717) is 12.1 Å². The number of rotatable bonds is 7. The number of aliphatic carboxylic acids is 1. The molecule has 0 bridgehead atoms. The molecule has 0 saturated carbocycles. The first-order valence-electron chi connectivity index (χ1n) is 10.3. The number of alkyl carbamates (subject to hydrolysis) is 1. The Labute approximate surface area is 187 Å². The number of hydrogen-bond acceptors (Lipinski definition) is 4. The minimum Gasteiger partial charge on any atom is -0.550 e. The van der Waals surface area contributed by atoms with Crippen molar-refractivity contribution >= 4 is 12.1 Å². The molecule has 1 aliphatic rings. The van der Waals surface area contributed by atoms with Crippen molar-refractivity contribution in [2.75, 3.05) is 6.61 Å². The summed E-state index contributed by atoms with van der Waals surface area (Å²) >= 11 is 0. The average molecular weight is 454 g/mol. The van der Waals surface area contributed by atoms with Crippen LogP contribution >= 0.6 is 0 Å². The molecule has 0 unspecified atom stereocenters. The van der Waals surface area contributed by atoms with Gasteiger partial charge in [0.05, 0.1) is 0 Å². The molecule has 4 rings (SSSR count). The van der Waals surface area contributed by atoms with E-state index in [0.717, 1.165) is 22.3 Å². The molecule has 0 saturated heterocycles. The number of halogens is 3. The zero-order valence-corrected chi connectivity index (χ0v) is 17.3. The molecule has 0 aromatic heterocycles. The minimum atomic E-state index is -1.50. The van der Waals surface area contributed by atoms with Crippen molar-refractivity contribution in [1.29, 1.82) is 0 Å². The summed E-state index contributed by atoms with van der Waals surface area (Å²) in [5.41, 5.74) is 3.82. The van der Waals surface area contributed by atoms with Gasteiger partial charge in [-0.3, -0.25) is 0 Å². The Balaban J connectivity index is 1.45. The molecule has 33 heavy (non-hydrogen) atoms. The molecule has 0 spiro atoms. The third kappa shape index (κ3) is 4.84. The van der Waals surface area contributed by atoms with Gasteiger partial charge in [-0.2, -0.15) is 0 Å². The zero-order valence-electron chi connectivity index (χ0n) is 17.3. The molecule has 170 valence electrons. The predicted molar refractivity (Wildman–Crippen MR) is 112 cm³/mol. The number of amides is 1. The van der Waals surface area contributed by atoms with Crippen molar-refractivity contribution in [1.82, 2.24) is 5.32 Å². The number of nitrogens with one attached hydrogen (secondary N) is 1. The Hall–Kier alpha value is -3.81. The van der Waals surface area contributed by atoms with Gasteiger partial charge in [-0.05, 0) is 40.3 Å². The lowest BCUT2D eigenvalue weighted by atomic mass is 9.98. The topological polar surface area (TPSA) is 78.5 Å². The van der Waals surface area contributed by atoms with E-state index in [-0.39, 0.29) is 24.5 Å². The molecule has 3 aromatic carbocycles. The molecular formula is C25H19F3NO4-. The summed E-state index contributed by atoms with van der Waals surface area (Å²) in [6.45, 7) is -0.00254. The highest BCUT2D eigenvalue weighted by molar-refractivity contribution is 5.79. The fourth-order valence-corrected chi connectivity index (χ4v) is 4.17. The van der Waals surface area contributed by atoms with E-state index in [4.69, 9.17) is 4.74 Å². The Kier molecular flexibility index (Phi) is 6.35. The second-order valence-electron chi connectivity index (χ2n) is 7.80. The van der Waals surface area contributed by atoms with E-state index in [9.17, 15) is 27.9 Å². The number of carboxylic acid groups (broad SMARTS) is 1. The van der Waals surface area contributed by atoms with Crippen molar-refractivity contribution in [2.45, 2.75) is 24.8 Å². The number of carboxylic acids is 1. The average Bonchev–Trinajstić information content (AvgIpc) is 3.09. The van der Waals surface area contributed by atoms with E-state index < -0.39 is 42.0 Å². The summed E-state index contributed by atoms with van der Waals surface area (Å²) in [5, 5.41) is 13.5. The van der Waals surface area contributed by atoms with Crippen LogP contribution in [0, 0.1) is 17.5 Å². The van der Waals surface area contributed by atoms with Gasteiger partial charge in [0, 0.05) is 30.4 Å². The van der Waals surface area contributed by atoms with E-state index >= 15 is 0 Å². The third-order valence-electron chi connectivity index (χ3n) is 5.63. The van der Waals surface area contributed by atoms with Crippen molar-refractivity contribution in [3.8, 4) is 11.1 Å². The fourth-order valence-electron chi connectivity index (χ4n) is 4.17. The summed E-state index contributed by atoms with van der Waals surface area (Å²) in [4.78, 5) is 23.5. The first-order valence-corrected chi connectivity index (χ1v) is 10.3. The van der Waals surface area contributed by atoms with Gasteiger partial charge in [-0.15, -0.1) is 0 Å². The maximum absolute atomic E-state index is 14.0. The first kappa shape index (κ1) is 22.4. The van der Waals surface area contributed by atoms with Crippen molar-refractivity contribution in [3.05, 3.63) is 94.8 Å². The van der Waals surface area contributed by atoms with E-state index in [1.54, 1.807) is 0 Å². The van der Waals surface area contributed by atoms with Crippen LogP contribution in [0.3, 0.4) is 0 Å². The third-order valence-corrected chi connectivity index (χ3v) is 5.63. The number of benzene rings is 3. The van der Waals surface area contributed by atoms with Crippen LogP contribution in [0.4, 0.5) is 18.0 Å². The second kappa shape index (κ2) is 9.36. The lowest BCUT2D eigenvalue weighted by molar-refractivity contribution is -0.306. The monoisotopic (exact) mass is 454 g/mol. The minimum absolute atomic E-state index is 0.00254. The lowest BCUT2D eigenvalue weighted by Gasteiger charge is -2.21. The van der Waals surface area contributed by atoms with Crippen LogP contribution < -0.4 is 10.4 Å². The van der Waals surface area contributed by atoms with E-state index in [1.807, 2.05) is 48.5 Å². The Bertz CT molecular complexity index is 1170. The summed E-state index contributed by atoms with van der Waals surface area (Å²) in [5.74, 6) is -5.39. The van der Waals surface area contributed by atoms with Gasteiger partial charge in [0.2, 0.25) is 0 Å². The van der Waals surface area contributed by atoms with Gasteiger partial charge >= 0.3 is 6.09 Å². The second-order valence-corrected chi connectivity index (χ2v) is 7.80. The molecule has 0 fully saturated rings. The van der Waals surface area contributed by atoms with Crippen LogP contribution in [0.1, 0.15) is 29.0 Å². The molecule has 3 aromatic rings. The van der Waals surface area contributed by atoms with Crippen molar-refractivity contribution < 1.29 is 32.6 Å². The molecule has 5 nitrogen and oxygen atoms in total. The smallest absolute Gasteiger partial charge is 0.407 e. The lowest BCUT2D eigenvalue weighted by Crippen LogP contribution is -2.41. The first-order chi connectivity index (χ1) is 15.8. The molecular weight excluding hydrogens is 435 g/mol. The SMILES string of the molecule is O=C([O-])C[C@H](Cc1cc(F)c(F)cc1F)NC(=O)OCC1c2ccccc2-c2ccccc21. The summed E-state index contributed by atoms with van der Waals surface area (Å²) in [6.07, 6.45) is -1.96. The molecule has 1 atom stereocenters. The molecule has 0 heterocycles. The van der Waals surface area contributed by atoms with Gasteiger partial charge in [-0.25, -0.2) is 18.0 Å². The number of carbonyl (C=O) groups excluding carboxylic acids is 2. The van der Waals surface area contributed by atoms with Crippen LogP contribution in [-0.2, 0) is 16.0 Å². The summed E-state index contributed by atoms with van der Waals surface area (Å²) in [6, 6.07) is 15.4. The predicted octanol–water partition coefficient (Wildman–Crippen LogP) is 3.69. The molecule has 1 amide bonds. The number of carbonyl (C=O) groups is 2. The number of hydrogen-bond donors (Lipinski definition) is 1. The van der Waals surface area contributed by atoms with Crippen molar-refractivity contribution in [3.63, 3.8) is 0 Å². The maximum Gasteiger partial charge on any atom is 0.407 e. The standard InChI is InChI=1S/C25H20F3NO4/c26-21-12-23(28)22(27)10-14(21)9-15(11-24(30)31)29-25(32)33-13-20-18-7-3-1-5-16(18)17-6-2-4-8-19(17)20/h1-8,10,12,15,20H,9,11,13H2,(H,29,32)(H,30,31)/p-1/t15-/m0/s1. The van der Waals surface area contributed by atoms with Crippen LogP contribution in [0.15, 0.2) is 60.7 Å². The summed E-state index contributed by atoms with van der Waals surface area (Å²) < 4.78 is 46.0. The normalized spacial score (nSPS) is 13.2. The molecule has 0 aliphatic heterocycles. The Morgan fingerprint density at radius 3 is 2.09 bits per heavy atom. The zero-order chi connectivity index (χ0) is 23.5. The van der Waals surface area contributed by atoms with Crippen molar-refractivity contribution in [2.24, 2.45) is 0 Å². The summed E-state index contributed by atoms with van der Waals surface area (Å²) in [7, 11) is 0. The largest absolute Gasteiger partial charge is 0.550 e. The van der Waals surface area contributed by atoms with E-state index in [2.05, 4.69) is 5.32 Å². The fraction of sp³-hybridized carbons (Fsp3) is 0.200. The molecule has 1 aliphatic carbocycles. The van der Waals surface area contributed by atoms with Crippen LogP contribution in [-0.4, -0.2) is 24.7 Å². The quantitative estimate of drug-likeness (QED) is 0.553. The van der Waals surface area contributed by atoms with Crippen LogP contribution in [0.25, 0.3) is 11.1 Å². The van der Waals surface area contributed by atoms with Crippen LogP contribution in [0.2, 0.25) is 0 Å². The van der Waals surface area contributed by atoms with Gasteiger partial charge in [0.1, 0.15) is 12.4 Å². The molecule has 8 heteroatoms. The van der Waals surface area contributed by atoms with Gasteiger partial charge in [0.25, 0.3) is 0 Å². The van der Waals surface area contributed by atoms with Gasteiger partial charge in [-0.1, -0.05) is 48.5 Å². The Morgan fingerprint density at radius 2 is 1.48 bits per heavy atom. The number of fused-ring (bicyclic) bond motifs is 3. The number of ether oxygens (including phenoxy) is 1. The van der Waals surface area contributed by atoms with Gasteiger partial charge in [0.15, 0.2) is 11.6 Å².